The highest BCUT2D eigenvalue weighted by Crippen LogP contribution is 2.13. The Labute approximate surface area is 98.3 Å². The molecule has 0 amide bonds. The number of rotatable bonds is 2. The van der Waals surface area contributed by atoms with Crippen molar-refractivity contribution in [3.8, 4) is 6.07 Å². The van der Waals surface area contributed by atoms with Crippen LogP contribution in [0.2, 0.25) is 0 Å². The van der Waals surface area contributed by atoms with Gasteiger partial charge in [-0.3, -0.25) is 0 Å². The minimum Gasteiger partial charge on any atom is -0.246 e. The second-order valence-corrected chi connectivity index (χ2v) is 3.75. The monoisotopic (exact) mass is 230 g/mol. The zero-order chi connectivity index (χ0) is 12.4. The van der Waals surface area contributed by atoms with Crippen LogP contribution in [-0.4, -0.2) is 14.8 Å². The molecule has 86 valence electrons. The Morgan fingerprint density at radius 2 is 2.18 bits per heavy atom. The van der Waals surface area contributed by atoms with E-state index in [1.807, 2.05) is 13.0 Å². The van der Waals surface area contributed by atoms with Gasteiger partial charge in [0.2, 0.25) is 0 Å². The Morgan fingerprint density at radius 3 is 2.76 bits per heavy atom. The molecule has 17 heavy (non-hydrogen) atoms. The van der Waals surface area contributed by atoms with Gasteiger partial charge < -0.3 is 0 Å². The SMILES string of the molecule is Cc1nc(C)n(Cc2cccc(C#N)c2F)n1. The molecule has 0 aliphatic rings. The molecular formula is C12H11FN4. The third-order valence-electron chi connectivity index (χ3n) is 2.48. The van der Waals surface area contributed by atoms with Gasteiger partial charge in [-0.2, -0.15) is 10.4 Å². The van der Waals surface area contributed by atoms with Crippen LogP contribution >= 0.6 is 0 Å². The lowest BCUT2D eigenvalue weighted by Crippen LogP contribution is -2.06. The van der Waals surface area contributed by atoms with Crippen molar-refractivity contribution in [2.75, 3.05) is 0 Å². The van der Waals surface area contributed by atoms with Crippen molar-refractivity contribution < 1.29 is 4.39 Å². The molecule has 0 atom stereocenters. The minimum absolute atomic E-state index is 0.0528. The molecule has 4 nitrogen and oxygen atoms in total. The number of hydrogen-bond acceptors (Lipinski definition) is 3. The maximum Gasteiger partial charge on any atom is 0.147 e. The first-order valence-electron chi connectivity index (χ1n) is 5.17. The maximum absolute atomic E-state index is 13.8. The molecule has 0 aliphatic heterocycles. The van der Waals surface area contributed by atoms with Gasteiger partial charge in [0.1, 0.15) is 23.5 Å². The largest absolute Gasteiger partial charge is 0.246 e. The van der Waals surface area contributed by atoms with Crippen LogP contribution < -0.4 is 0 Å². The molecule has 1 aromatic heterocycles. The van der Waals surface area contributed by atoms with Crippen LogP contribution in [0.4, 0.5) is 4.39 Å². The van der Waals surface area contributed by atoms with Crippen molar-refractivity contribution in [1.29, 1.82) is 5.26 Å². The molecule has 0 spiro atoms. The fraction of sp³-hybridized carbons (Fsp3) is 0.250. The number of nitriles is 1. The van der Waals surface area contributed by atoms with E-state index in [9.17, 15) is 4.39 Å². The minimum atomic E-state index is -0.484. The van der Waals surface area contributed by atoms with Gasteiger partial charge in [-0.05, 0) is 19.9 Å². The summed E-state index contributed by atoms with van der Waals surface area (Å²) in [6.45, 7) is 3.88. The normalized spacial score (nSPS) is 10.2. The summed E-state index contributed by atoms with van der Waals surface area (Å²) in [7, 11) is 0. The summed E-state index contributed by atoms with van der Waals surface area (Å²) in [4.78, 5) is 4.14. The molecule has 2 rings (SSSR count). The Hall–Kier alpha value is -2.22. The quantitative estimate of drug-likeness (QED) is 0.792. The standard InChI is InChI=1S/C12H11FN4/c1-8-15-9(2)17(16-8)7-11-5-3-4-10(6-14)12(11)13/h3-5H,7H2,1-2H3. The van der Waals surface area contributed by atoms with E-state index in [4.69, 9.17) is 5.26 Å². The van der Waals surface area contributed by atoms with Gasteiger partial charge in [-0.1, -0.05) is 12.1 Å². The van der Waals surface area contributed by atoms with Gasteiger partial charge >= 0.3 is 0 Å². The van der Waals surface area contributed by atoms with Crippen LogP contribution in [-0.2, 0) is 6.54 Å². The van der Waals surface area contributed by atoms with E-state index in [-0.39, 0.29) is 12.1 Å². The number of hydrogen-bond donors (Lipinski definition) is 0. The van der Waals surface area contributed by atoms with Gasteiger partial charge in [0.15, 0.2) is 0 Å². The van der Waals surface area contributed by atoms with Crippen LogP contribution in [0.25, 0.3) is 0 Å². The lowest BCUT2D eigenvalue weighted by molar-refractivity contribution is 0.575. The Bertz CT molecular complexity index is 595. The lowest BCUT2D eigenvalue weighted by Gasteiger charge is -2.05. The topological polar surface area (TPSA) is 54.5 Å². The van der Waals surface area contributed by atoms with E-state index in [2.05, 4.69) is 10.1 Å². The Morgan fingerprint density at radius 1 is 1.41 bits per heavy atom. The molecule has 0 saturated carbocycles. The predicted octanol–water partition coefficient (Wildman–Crippen LogP) is 1.95. The van der Waals surface area contributed by atoms with Crippen LogP contribution in [0.5, 0.6) is 0 Å². The van der Waals surface area contributed by atoms with Gasteiger partial charge in [0.25, 0.3) is 0 Å². The average Bonchev–Trinajstić information content (AvgIpc) is 2.60. The number of benzene rings is 1. The molecule has 0 N–H and O–H groups in total. The zero-order valence-corrected chi connectivity index (χ0v) is 9.61. The number of halogens is 1. The van der Waals surface area contributed by atoms with E-state index < -0.39 is 5.82 Å². The van der Waals surface area contributed by atoms with Crippen molar-refractivity contribution in [1.82, 2.24) is 14.8 Å². The molecule has 0 aliphatic carbocycles. The first-order valence-corrected chi connectivity index (χ1v) is 5.17. The second-order valence-electron chi connectivity index (χ2n) is 3.75. The van der Waals surface area contributed by atoms with E-state index in [0.717, 1.165) is 5.82 Å². The van der Waals surface area contributed by atoms with E-state index >= 15 is 0 Å². The molecular weight excluding hydrogens is 219 g/mol. The predicted molar refractivity (Wildman–Crippen MR) is 59.7 cm³/mol. The third kappa shape index (κ3) is 2.16. The highest BCUT2D eigenvalue weighted by atomic mass is 19.1. The zero-order valence-electron chi connectivity index (χ0n) is 9.61. The van der Waals surface area contributed by atoms with E-state index in [1.165, 1.54) is 6.07 Å². The molecule has 0 radical (unpaired) electrons. The molecule has 1 heterocycles. The van der Waals surface area contributed by atoms with Crippen LogP contribution in [0.3, 0.4) is 0 Å². The van der Waals surface area contributed by atoms with Crippen LogP contribution in [0.1, 0.15) is 22.8 Å². The van der Waals surface area contributed by atoms with Crippen molar-refractivity contribution >= 4 is 0 Å². The number of aryl methyl sites for hydroxylation is 2. The summed E-state index contributed by atoms with van der Waals surface area (Å²) in [5, 5.41) is 12.9. The lowest BCUT2D eigenvalue weighted by atomic mass is 10.1. The van der Waals surface area contributed by atoms with Crippen molar-refractivity contribution in [2.24, 2.45) is 0 Å². The molecule has 0 unspecified atom stereocenters. The maximum atomic E-state index is 13.8. The molecule has 1 aromatic carbocycles. The van der Waals surface area contributed by atoms with E-state index in [0.29, 0.717) is 11.4 Å². The summed E-state index contributed by atoms with van der Waals surface area (Å²) in [5.74, 6) is 0.895. The summed E-state index contributed by atoms with van der Waals surface area (Å²) in [6.07, 6.45) is 0. The highest BCUT2D eigenvalue weighted by molar-refractivity contribution is 5.35. The highest BCUT2D eigenvalue weighted by Gasteiger charge is 2.10. The number of aromatic nitrogens is 3. The van der Waals surface area contributed by atoms with Gasteiger partial charge in [-0.25, -0.2) is 14.1 Å². The molecule has 2 aromatic rings. The first-order chi connectivity index (χ1) is 8.11. The number of nitrogens with zero attached hydrogens (tertiary/aromatic N) is 4. The van der Waals surface area contributed by atoms with Gasteiger partial charge in [0, 0.05) is 5.56 Å². The second kappa shape index (κ2) is 4.34. The van der Waals surface area contributed by atoms with Crippen LogP contribution in [0.15, 0.2) is 18.2 Å². The molecule has 0 bridgehead atoms. The van der Waals surface area contributed by atoms with Gasteiger partial charge in [0.05, 0.1) is 12.1 Å². The third-order valence-corrected chi connectivity index (χ3v) is 2.48. The first kappa shape index (κ1) is 11.3. The van der Waals surface area contributed by atoms with Crippen molar-refractivity contribution in [2.45, 2.75) is 20.4 Å². The summed E-state index contributed by atoms with van der Waals surface area (Å²) < 4.78 is 15.4. The van der Waals surface area contributed by atoms with Crippen LogP contribution in [0, 0.1) is 31.0 Å². The summed E-state index contributed by atoms with van der Waals surface area (Å²) in [5.41, 5.74) is 0.494. The fourth-order valence-electron chi connectivity index (χ4n) is 1.66. The van der Waals surface area contributed by atoms with Gasteiger partial charge in [-0.15, -0.1) is 0 Å². The van der Waals surface area contributed by atoms with Crippen molar-refractivity contribution in [3.63, 3.8) is 0 Å². The Kier molecular flexibility index (Phi) is 2.88. The van der Waals surface area contributed by atoms with E-state index in [1.54, 1.807) is 23.7 Å². The fourth-order valence-corrected chi connectivity index (χ4v) is 1.66. The Balaban J connectivity index is 2.37. The smallest absolute Gasteiger partial charge is 0.147 e. The van der Waals surface area contributed by atoms with Crippen molar-refractivity contribution in [3.05, 3.63) is 46.8 Å². The summed E-state index contributed by atoms with van der Waals surface area (Å²) in [6, 6.07) is 6.59. The average molecular weight is 230 g/mol. The molecule has 0 fully saturated rings. The molecule has 0 saturated heterocycles. The molecule has 5 heteroatoms. The summed E-state index contributed by atoms with van der Waals surface area (Å²) >= 11 is 0.